The fourth-order valence-electron chi connectivity index (χ4n) is 4.56. The lowest BCUT2D eigenvalue weighted by atomic mass is 9.96. The number of hydrogen-bond acceptors (Lipinski definition) is 2. The average Bonchev–Trinajstić information content (AvgIpc) is 3.39. The molecule has 0 saturated heterocycles. The number of thiophene rings is 2. The summed E-state index contributed by atoms with van der Waals surface area (Å²) in [7, 11) is -2.78. The molecular formula is C32H28S2Si2. The molecule has 0 bridgehead atoms. The second-order valence-electron chi connectivity index (χ2n) is 11.7. The van der Waals surface area contributed by atoms with Crippen molar-refractivity contribution in [1.82, 2.24) is 0 Å². The lowest BCUT2D eigenvalue weighted by molar-refractivity contribution is 1.81. The van der Waals surface area contributed by atoms with Crippen LogP contribution in [0.25, 0.3) is 52.5 Å². The third kappa shape index (κ3) is 4.51. The Balaban J connectivity index is 1.53. The summed E-state index contributed by atoms with van der Waals surface area (Å²) in [5.74, 6) is 6.90. The van der Waals surface area contributed by atoms with Crippen molar-refractivity contribution in [2.75, 3.05) is 0 Å². The van der Waals surface area contributed by atoms with Gasteiger partial charge in [0.2, 0.25) is 0 Å². The molecule has 0 amide bonds. The maximum atomic E-state index is 3.52. The van der Waals surface area contributed by atoms with E-state index in [9.17, 15) is 0 Å². The molecular weight excluding hydrogens is 505 g/mol. The van der Waals surface area contributed by atoms with Crippen LogP contribution in [0.5, 0.6) is 0 Å². The van der Waals surface area contributed by atoms with Gasteiger partial charge in [-0.3, -0.25) is 0 Å². The van der Waals surface area contributed by atoms with E-state index in [-0.39, 0.29) is 0 Å². The molecule has 4 aromatic carbocycles. The quantitative estimate of drug-likeness (QED) is 0.104. The fraction of sp³-hybridized carbons (Fsp3) is 0.188. The predicted octanol–water partition coefficient (Wildman–Crippen LogP) is 10.0. The molecule has 0 nitrogen and oxygen atoms in total. The van der Waals surface area contributed by atoms with E-state index in [1.807, 2.05) is 22.7 Å². The van der Waals surface area contributed by atoms with Crippen LogP contribution >= 0.6 is 22.7 Å². The van der Waals surface area contributed by atoms with E-state index in [0.717, 1.165) is 0 Å². The van der Waals surface area contributed by atoms with E-state index in [4.69, 9.17) is 0 Å². The second kappa shape index (κ2) is 8.33. The molecule has 2 aromatic heterocycles. The molecule has 0 aliphatic heterocycles. The molecule has 0 saturated carbocycles. The smallest absolute Gasteiger partial charge is 0.127 e. The second-order valence-corrected chi connectivity index (χ2v) is 23.3. The number of fused-ring (bicyclic) bond motifs is 7. The lowest BCUT2D eigenvalue weighted by Crippen LogP contribution is -2.16. The highest BCUT2D eigenvalue weighted by Crippen LogP contribution is 2.38. The molecule has 6 rings (SSSR count). The van der Waals surface area contributed by atoms with Crippen LogP contribution in [0.1, 0.15) is 9.75 Å². The number of hydrogen-bond donors (Lipinski definition) is 0. The SMILES string of the molecule is C[Si](C)(C)C#Cc1cc2cc3c(ccc4c5cc6cc(C#C[Si](C)(C)C)sc6cc5ccc34)cc2s1. The topological polar surface area (TPSA) is 0 Å². The van der Waals surface area contributed by atoms with Crippen molar-refractivity contribution in [3.8, 4) is 22.9 Å². The molecule has 0 fully saturated rings. The van der Waals surface area contributed by atoms with E-state index in [1.54, 1.807) is 0 Å². The Bertz CT molecular complexity index is 1820. The van der Waals surface area contributed by atoms with Crippen molar-refractivity contribution < 1.29 is 0 Å². The van der Waals surface area contributed by atoms with Crippen LogP contribution in [0.15, 0.2) is 60.7 Å². The third-order valence-electron chi connectivity index (χ3n) is 6.23. The minimum Gasteiger partial charge on any atom is -0.127 e. The van der Waals surface area contributed by atoms with E-state index in [0.29, 0.717) is 0 Å². The molecule has 0 N–H and O–H groups in total. The van der Waals surface area contributed by atoms with Crippen molar-refractivity contribution in [2.45, 2.75) is 39.3 Å². The Labute approximate surface area is 223 Å². The Kier molecular flexibility index (Phi) is 5.45. The minimum atomic E-state index is -1.39. The van der Waals surface area contributed by atoms with Crippen LogP contribution in [-0.2, 0) is 0 Å². The highest BCUT2D eigenvalue weighted by Gasteiger charge is 2.12. The van der Waals surface area contributed by atoms with Gasteiger partial charge in [0.15, 0.2) is 0 Å². The molecule has 0 spiro atoms. The first-order valence-electron chi connectivity index (χ1n) is 12.4. The molecule has 36 heavy (non-hydrogen) atoms. The minimum absolute atomic E-state index is 1.17. The van der Waals surface area contributed by atoms with Crippen molar-refractivity contribution in [3.05, 3.63) is 70.4 Å². The summed E-state index contributed by atoms with van der Waals surface area (Å²) >= 11 is 3.62. The zero-order chi connectivity index (χ0) is 25.2. The fourth-order valence-corrected chi connectivity index (χ4v) is 7.66. The van der Waals surface area contributed by atoms with Crippen molar-refractivity contribution in [1.29, 1.82) is 0 Å². The number of benzene rings is 4. The first kappa shape index (κ1) is 23.5. The molecule has 0 radical (unpaired) electrons. The van der Waals surface area contributed by atoms with E-state index in [1.165, 1.54) is 62.2 Å². The van der Waals surface area contributed by atoms with Crippen molar-refractivity contribution >= 4 is 91.3 Å². The van der Waals surface area contributed by atoms with Gasteiger partial charge in [-0.05, 0) is 79.5 Å². The Morgan fingerprint density at radius 1 is 0.472 bits per heavy atom. The van der Waals surface area contributed by atoms with Gasteiger partial charge in [-0.25, -0.2) is 0 Å². The monoisotopic (exact) mass is 532 g/mol. The third-order valence-corrected chi connectivity index (χ3v) is 10.0. The molecule has 0 aliphatic rings. The van der Waals surface area contributed by atoms with Crippen molar-refractivity contribution in [2.24, 2.45) is 0 Å². The van der Waals surface area contributed by atoms with Gasteiger partial charge in [-0.1, -0.05) is 75.4 Å². The van der Waals surface area contributed by atoms with Gasteiger partial charge in [-0.2, -0.15) is 0 Å². The molecule has 0 aliphatic carbocycles. The van der Waals surface area contributed by atoms with Crippen LogP contribution in [0, 0.1) is 22.9 Å². The van der Waals surface area contributed by atoms with Gasteiger partial charge >= 0.3 is 0 Å². The van der Waals surface area contributed by atoms with E-state index < -0.39 is 16.1 Å². The van der Waals surface area contributed by atoms with Crippen LogP contribution < -0.4 is 0 Å². The largest absolute Gasteiger partial charge is 0.129 e. The van der Waals surface area contributed by atoms with Crippen LogP contribution in [0.2, 0.25) is 39.3 Å². The highest BCUT2D eigenvalue weighted by molar-refractivity contribution is 7.20. The number of rotatable bonds is 0. The molecule has 4 heteroatoms. The zero-order valence-corrected chi connectivity index (χ0v) is 25.2. The summed E-state index contributed by atoms with van der Waals surface area (Å²) in [5.41, 5.74) is 7.03. The van der Waals surface area contributed by atoms with Gasteiger partial charge < -0.3 is 0 Å². The summed E-state index contributed by atoms with van der Waals surface area (Å²) in [6, 6.07) is 23.1. The first-order valence-corrected chi connectivity index (χ1v) is 21.0. The van der Waals surface area contributed by atoms with Crippen LogP contribution in [-0.4, -0.2) is 16.1 Å². The lowest BCUT2D eigenvalue weighted by Gasteiger charge is -2.08. The maximum absolute atomic E-state index is 3.52. The van der Waals surface area contributed by atoms with Gasteiger partial charge in [0.25, 0.3) is 0 Å². The van der Waals surface area contributed by atoms with E-state index in [2.05, 4.69) is 123 Å². The molecule has 2 heterocycles. The molecule has 176 valence electrons. The standard InChI is InChI=1S/C32H28S2Si2/c1-35(2,3)13-11-25-15-23-17-29-21(19-31(23)33-25)7-9-28-27(29)10-8-22-20-32-24(18-30(22)28)16-26(34-32)12-14-36(4,5)6/h7-10,15-20H,1-6H3. The Morgan fingerprint density at radius 3 is 1.28 bits per heavy atom. The van der Waals surface area contributed by atoms with Crippen molar-refractivity contribution in [3.63, 3.8) is 0 Å². The summed E-state index contributed by atoms with van der Waals surface area (Å²) in [6.07, 6.45) is 0. The zero-order valence-electron chi connectivity index (χ0n) is 21.6. The van der Waals surface area contributed by atoms with Gasteiger partial charge in [0.05, 0.1) is 9.75 Å². The summed E-state index contributed by atoms with van der Waals surface area (Å²) in [4.78, 5) is 2.34. The summed E-state index contributed by atoms with van der Waals surface area (Å²) in [6.45, 7) is 13.8. The average molecular weight is 533 g/mol. The summed E-state index contributed by atoms with van der Waals surface area (Å²) in [5, 5.41) is 10.4. The first-order chi connectivity index (χ1) is 17.0. The normalized spacial score (nSPS) is 12.3. The molecule has 0 unspecified atom stereocenters. The summed E-state index contributed by atoms with van der Waals surface area (Å²) < 4.78 is 2.63. The van der Waals surface area contributed by atoms with Gasteiger partial charge in [0.1, 0.15) is 16.1 Å². The predicted molar refractivity (Wildman–Crippen MR) is 170 cm³/mol. The van der Waals surface area contributed by atoms with Gasteiger partial charge in [-0.15, -0.1) is 33.8 Å². The Hall–Kier alpha value is -2.87. The van der Waals surface area contributed by atoms with Crippen LogP contribution in [0.4, 0.5) is 0 Å². The Morgan fingerprint density at radius 2 is 0.889 bits per heavy atom. The maximum Gasteiger partial charge on any atom is 0.129 e. The molecule has 0 atom stereocenters. The van der Waals surface area contributed by atoms with Gasteiger partial charge in [0, 0.05) is 9.40 Å². The molecule has 6 aromatic rings. The highest BCUT2D eigenvalue weighted by atomic mass is 32.1. The van der Waals surface area contributed by atoms with E-state index >= 15 is 0 Å². The van der Waals surface area contributed by atoms with Crippen LogP contribution in [0.3, 0.4) is 0 Å².